The molecule has 0 spiro atoms. The van der Waals surface area contributed by atoms with E-state index in [1.807, 2.05) is 13.2 Å². The number of hydrogen-bond acceptors (Lipinski definition) is 4. The molecule has 0 rings (SSSR count). The maximum atomic E-state index is 11.8. The normalized spacial score (nSPS) is 13.4. The molecule has 0 aliphatic rings. The first-order chi connectivity index (χ1) is 7.96. The third kappa shape index (κ3) is 7.62. The van der Waals surface area contributed by atoms with Crippen LogP contribution in [0.2, 0.25) is 0 Å². The summed E-state index contributed by atoms with van der Waals surface area (Å²) < 4.78 is 25.3. The molecule has 0 saturated carbocycles. The number of rotatable bonds is 9. The Morgan fingerprint density at radius 3 is 2.47 bits per heavy atom. The third-order valence-electron chi connectivity index (χ3n) is 2.18. The molecule has 0 fully saturated rings. The van der Waals surface area contributed by atoms with E-state index in [0.717, 1.165) is 12.2 Å². The Balaban J connectivity index is 4.47. The Hall–Kier alpha value is -0.270. The van der Waals surface area contributed by atoms with Crippen molar-refractivity contribution in [3.8, 4) is 0 Å². The number of nitrogens with one attached hydrogen (secondary N) is 2. The molecule has 0 saturated heterocycles. The Morgan fingerprint density at radius 1 is 1.35 bits per heavy atom. The average Bonchev–Trinajstić information content (AvgIpc) is 2.31. The highest BCUT2D eigenvalue weighted by Crippen LogP contribution is 2.03. The van der Waals surface area contributed by atoms with Crippen LogP contribution < -0.4 is 10.0 Å². The largest absolute Gasteiger partial charge is 0.355 e. The lowest BCUT2D eigenvalue weighted by molar-refractivity contribution is -0.122. The van der Waals surface area contributed by atoms with Crippen molar-refractivity contribution < 1.29 is 13.2 Å². The van der Waals surface area contributed by atoms with Crippen LogP contribution in [0, 0.1) is 0 Å². The predicted octanol–water partition coefficient (Wildman–Crippen LogP) is 0.574. The molecule has 0 aromatic rings. The molecule has 0 heterocycles. The van der Waals surface area contributed by atoms with E-state index >= 15 is 0 Å². The molecule has 0 aliphatic carbocycles. The molecule has 1 amide bonds. The molecule has 2 N–H and O–H groups in total. The van der Waals surface area contributed by atoms with E-state index in [-0.39, 0.29) is 11.7 Å². The summed E-state index contributed by atoms with van der Waals surface area (Å²) in [6, 6.07) is -0.654. The van der Waals surface area contributed by atoms with Crippen molar-refractivity contribution in [2.45, 2.75) is 32.7 Å². The SMILES string of the molecule is CCCNC(=O)C(CCSC)NS(=O)(=O)CC. The first kappa shape index (κ1) is 16.7. The number of sulfonamides is 1. The Labute approximate surface area is 108 Å². The minimum atomic E-state index is -3.34. The van der Waals surface area contributed by atoms with Gasteiger partial charge in [0.05, 0.1) is 5.75 Å². The van der Waals surface area contributed by atoms with Crippen molar-refractivity contribution in [1.29, 1.82) is 0 Å². The maximum Gasteiger partial charge on any atom is 0.238 e. The van der Waals surface area contributed by atoms with Gasteiger partial charge in [0.2, 0.25) is 15.9 Å². The monoisotopic (exact) mass is 282 g/mol. The van der Waals surface area contributed by atoms with Crippen LogP contribution in [0.25, 0.3) is 0 Å². The summed E-state index contributed by atoms with van der Waals surface area (Å²) >= 11 is 1.59. The first-order valence-corrected chi connectivity index (χ1v) is 8.78. The number of carbonyl (C=O) groups is 1. The van der Waals surface area contributed by atoms with Gasteiger partial charge in [-0.1, -0.05) is 6.92 Å². The minimum absolute atomic E-state index is 0.0101. The van der Waals surface area contributed by atoms with E-state index in [0.29, 0.717) is 13.0 Å². The second kappa shape index (κ2) is 8.77. The van der Waals surface area contributed by atoms with Crippen LogP contribution in [0.5, 0.6) is 0 Å². The van der Waals surface area contributed by atoms with Crippen molar-refractivity contribution >= 4 is 27.7 Å². The van der Waals surface area contributed by atoms with Gasteiger partial charge in [0.15, 0.2) is 0 Å². The van der Waals surface area contributed by atoms with E-state index in [9.17, 15) is 13.2 Å². The van der Waals surface area contributed by atoms with Gasteiger partial charge in [-0.2, -0.15) is 11.8 Å². The van der Waals surface area contributed by atoms with Crippen LogP contribution in [-0.4, -0.2) is 44.7 Å². The van der Waals surface area contributed by atoms with E-state index in [1.54, 1.807) is 18.7 Å². The molecule has 5 nitrogen and oxygen atoms in total. The Bertz CT molecular complexity index is 318. The van der Waals surface area contributed by atoms with E-state index < -0.39 is 16.1 Å². The van der Waals surface area contributed by atoms with Gasteiger partial charge in [-0.05, 0) is 31.8 Å². The van der Waals surface area contributed by atoms with Gasteiger partial charge < -0.3 is 5.32 Å². The van der Waals surface area contributed by atoms with Crippen LogP contribution in [0.3, 0.4) is 0 Å². The van der Waals surface area contributed by atoms with Crippen molar-refractivity contribution in [1.82, 2.24) is 10.0 Å². The first-order valence-electron chi connectivity index (χ1n) is 5.73. The molecule has 0 radical (unpaired) electrons. The molecule has 7 heteroatoms. The molecular weight excluding hydrogens is 260 g/mol. The maximum absolute atomic E-state index is 11.8. The lowest BCUT2D eigenvalue weighted by Crippen LogP contribution is -2.47. The van der Waals surface area contributed by atoms with E-state index in [1.165, 1.54) is 0 Å². The number of hydrogen-bond donors (Lipinski definition) is 2. The number of amides is 1. The zero-order chi connectivity index (χ0) is 13.3. The topological polar surface area (TPSA) is 75.3 Å². The standard InChI is InChI=1S/C10H22N2O3S2/c1-4-7-11-10(13)9(6-8-16-3)12-17(14,15)5-2/h9,12H,4-8H2,1-3H3,(H,11,13). The lowest BCUT2D eigenvalue weighted by atomic mass is 10.2. The average molecular weight is 282 g/mol. The van der Waals surface area contributed by atoms with Crippen molar-refractivity contribution in [2.24, 2.45) is 0 Å². The van der Waals surface area contributed by atoms with Crippen LogP contribution in [0.4, 0.5) is 0 Å². The highest BCUT2D eigenvalue weighted by Gasteiger charge is 2.22. The Kier molecular flexibility index (Phi) is 8.63. The molecule has 17 heavy (non-hydrogen) atoms. The van der Waals surface area contributed by atoms with Crippen LogP contribution in [-0.2, 0) is 14.8 Å². The van der Waals surface area contributed by atoms with Crippen molar-refractivity contribution in [3.05, 3.63) is 0 Å². The van der Waals surface area contributed by atoms with E-state index in [2.05, 4.69) is 10.0 Å². The molecule has 0 aromatic heterocycles. The summed E-state index contributed by atoms with van der Waals surface area (Å²) in [5.74, 6) is 0.498. The fourth-order valence-corrected chi connectivity index (χ4v) is 2.45. The molecular formula is C10H22N2O3S2. The summed E-state index contributed by atoms with van der Waals surface area (Å²) in [6.07, 6.45) is 3.27. The van der Waals surface area contributed by atoms with Gasteiger partial charge in [0, 0.05) is 6.54 Å². The predicted molar refractivity (Wildman–Crippen MR) is 72.7 cm³/mol. The van der Waals surface area contributed by atoms with Gasteiger partial charge >= 0.3 is 0 Å². The second-order valence-electron chi connectivity index (χ2n) is 3.65. The molecule has 1 unspecified atom stereocenters. The molecule has 102 valence electrons. The summed E-state index contributed by atoms with van der Waals surface area (Å²) in [5, 5.41) is 2.71. The van der Waals surface area contributed by atoms with Crippen LogP contribution in [0.15, 0.2) is 0 Å². The van der Waals surface area contributed by atoms with Gasteiger partial charge in [-0.15, -0.1) is 0 Å². The number of carbonyl (C=O) groups excluding carboxylic acids is 1. The molecule has 0 bridgehead atoms. The molecule has 0 aromatic carbocycles. The van der Waals surface area contributed by atoms with Crippen molar-refractivity contribution in [3.63, 3.8) is 0 Å². The summed E-state index contributed by atoms with van der Waals surface area (Å²) in [4.78, 5) is 11.8. The zero-order valence-corrected chi connectivity index (χ0v) is 12.3. The second-order valence-corrected chi connectivity index (χ2v) is 6.67. The van der Waals surface area contributed by atoms with Crippen LogP contribution in [0.1, 0.15) is 26.7 Å². The summed E-state index contributed by atoms with van der Waals surface area (Å²) in [7, 11) is -3.34. The highest BCUT2D eigenvalue weighted by atomic mass is 32.2. The smallest absolute Gasteiger partial charge is 0.238 e. The fourth-order valence-electron chi connectivity index (χ4n) is 1.15. The lowest BCUT2D eigenvalue weighted by Gasteiger charge is -2.17. The van der Waals surface area contributed by atoms with Gasteiger partial charge in [-0.3, -0.25) is 4.79 Å². The highest BCUT2D eigenvalue weighted by molar-refractivity contribution is 7.98. The van der Waals surface area contributed by atoms with Crippen LogP contribution >= 0.6 is 11.8 Å². The molecule has 0 aliphatic heterocycles. The van der Waals surface area contributed by atoms with Crippen molar-refractivity contribution in [2.75, 3.05) is 24.3 Å². The quantitative estimate of drug-likeness (QED) is 0.648. The fraction of sp³-hybridized carbons (Fsp3) is 0.900. The van der Waals surface area contributed by atoms with Gasteiger partial charge in [0.25, 0.3) is 0 Å². The van der Waals surface area contributed by atoms with Gasteiger partial charge in [0.1, 0.15) is 6.04 Å². The number of thioether (sulfide) groups is 1. The summed E-state index contributed by atoms with van der Waals surface area (Å²) in [6.45, 7) is 4.08. The molecule has 1 atom stereocenters. The minimum Gasteiger partial charge on any atom is -0.355 e. The Morgan fingerprint density at radius 2 is 2.00 bits per heavy atom. The van der Waals surface area contributed by atoms with Gasteiger partial charge in [-0.25, -0.2) is 13.1 Å². The third-order valence-corrected chi connectivity index (χ3v) is 4.23. The van der Waals surface area contributed by atoms with E-state index in [4.69, 9.17) is 0 Å². The zero-order valence-electron chi connectivity index (χ0n) is 10.7. The summed E-state index contributed by atoms with van der Waals surface area (Å²) in [5.41, 5.74) is 0.